The number of carbonyl (C=O) groups excluding carboxylic acids is 1. The molecular formula is C25H19F4N3OS. The van der Waals surface area contributed by atoms with Gasteiger partial charge in [0, 0.05) is 37.3 Å². The summed E-state index contributed by atoms with van der Waals surface area (Å²) in [7, 11) is 0. The SMILES string of the molecule is O=C(c1cc(-c2cccs2)nc2ccc(F)cc12)N1CCN(c2cccc(C(F)(F)F)c2)CC1. The second kappa shape index (κ2) is 8.72. The highest BCUT2D eigenvalue weighted by Gasteiger charge is 2.31. The van der Waals surface area contributed by atoms with E-state index in [2.05, 4.69) is 4.98 Å². The largest absolute Gasteiger partial charge is 0.416 e. The molecule has 0 N–H and O–H groups in total. The van der Waals surface area contributed by atoms with Crippen molar-refractivity contribution < 1.29 is 22.4 Å². The van der Waals surface area contributed by atoms with Crippen molar-refractivity contribution in [2.24, 2.45) is 0 Å². The highest BCUT2D eigenvalue weighted by atomic mass is 32.1. The number of alkyl halides is 3. The summed E-state index contributed by atoms with van der Waals surface area (Å²) in [6.07, 6.45) is -4.41. The van der Waals surface area contributed by atoms with Gasteiger partial charge in [0.15, 0.2) is 0 Å². The highest BCUT2D eigenvalue weighted by molar-refractivity contribution is 7.13. The first-order valence-electron chi connectivity index (χ1n) is 10.7. The number of piperazine rings is 1. The maximum absolute atomic E-state index is 14.0. The Balaban J connectivity index is 1.41. The zero-order valence-corrected chi connectivity index (χ0v) is 18.7. The number of hydrogen-bond acceptors (Lipinski definition) is 4. The second-order valence-corrected chi connectivity index (χ2v) is 8.97. The van der Waals surface area contributed by atoms with E-state index in [4.69, 9.17) is 0 Å². The van der Waals surface area contributed by atoms with Crippen LogP contribution in [0.5, 0.6) is 0 Å². The molecule has 9 heteroatoms. The zero-order chi connectivity index (χ0) is 23.9. The van der Waals surface area contributed by atoms with E-state index in [1.807, 2.05) is 22.4 Å². The van der Waals surface area contributed by atoms with Gasteiger partial charge in [-0.25, -0.2) is 9.37 Å². The topological polar surface area (TPSA) is 36.4 Å². The third-order valence-electron chi connectivity index (χ3n) is 5.88. The van der Waals surface area contributed by atoms with E-state index >= 15 is 0 Å². The number of aromatic nitrogens is 1. The van der Waals surface area contributed by atoms with Crippen LogP contribution in [0.25, 0.3) is 21.5 Å². The molecule has 0 bridgehead atoms. The van der Waals surface area contributed by atoms with Crippen LogP contribution < -0.4 is 4.90 Å². The number of halogens is 4. The van der Waals surface area contributed by atoms with Gasteiger partial charge in [-0.15, -0.1) is 11.3 Å². The van der Waals surface area contributed by atoms with Crippen LogP contribution in [-0.2, 0) is 6.18 Å². The average Bonchev–Trinajstić information content (AvgIpc) is 3.38. The highest BCUT2D eigenvalue weighted by Crippen LogP contribution is 2.32. The van der Waals surface area contributed by atoms with Gasteiger partial charge in [-0.2, -0.15) is 13.2 Å². The molecule has 0 atom stereocenters. The fraction of sp³-hybridized carbons (Fsp3) is 0.200. The summed E-state index contributed by atoms with van der Waals surface area (Å²) in [5.41, 5.74) is 1.30. The number of benzene rings is 2. The van der Waals surface area contributed by atoms with Gasteiger partial charge >= 0.3 is 6.18 Å². The van der Waals surface area contributed by atoms with Crippen LogP contribution in [-0.4, -0.2) is 42.0 Å². The molecule has 4 nitrogen and oxygen atoms in total. The number of anilines is 1. The molecule has 2 aromatic carbocycles. The minimum atomic E-state index is -4.41. The van der Waals surface area contributed by atoms with Gasteiger partial charge in [-0.05, 0) is 53.9 Å². The van der Waals surface area contributed by atoms with E-state index in [1.54, 1.807) is 23.1 Å². The van der Waals surface area contributed by atoms with Crippen molar-refractivity contribution in [1.82, 2.24) is 9.88 Å². The second-order valence-electron chi connectivity index (χ2n) is 8.02. The summed E-state index contributed by atoms with van der Waals surface area (Å²) < 4.78 is 53.3. The Kier molecular flexibility index (Phi) is 5.73. The van der Waals surface area contributed by atoms with Gasteiger partial charge in [0.25, 0.3) is 5.91 Å². The summed E-state index contributed by atoms with van der Waals surface area (Å²) >= 11 is 1.50. The van der Waals surface area contributed by atoms with Gasteiger partial charge < -0.3 is 9.80 Å². The Morgan fingerprint density at radius 3 is 2.44 bits per heavy atom. The number of nitrogens with zero attached hydrogens (tertiary/aromatic N) is 3. The van der Waals surface area contributed by atoms with Gasteiger partial charge in [0.1, 0.15) is 5.82 Å². The predicted molar refractivity (Wildman–Crippen MR) is 125 cm³/mol. The molecule has 0 saturated carbocycles. The lowest BCUT2D eigenvalue weighted by Gasteiger charge is -2.36. The number of hydrogen-bond donors (Lipinski definition) is 0. The molecule has 4 aromatic rings. The molecule has 1 saturated heterocycles. The van der Waals surface area contributed by atoms with Crippen molar-refractivity contribution in [3.63, 3.8) is 0 Å². The lowest BCUT2D eigenvalue weighted by molar-refractivity contribution is -0.137. The predicted octanol–water partition coefficient (Wildman–Crippen LogP) is 6.08. The number of pyridine rings is 1. The van der Waals surface area contributed by atoms with Crippen molar-refractivity contribution in [2.75, 3.05) is 31.1 Å². The molecule has 2 aromatic heterocycles. The van der Waals surface area contributed by atoms with E-state index in [-0.39, 0.29) is 5.91 Å². The molecule has 34 heavy (non-hydrogen) atoms. The molecule has 1 aliphatic heterocycles. The molecule has 0 aliphatic carbocycles. The van der Waals surface area contributed by atoms with Crippen LogP contribution in [0, 0.1) is 5.82 Å². The summed E-state index contributed by atoms with van der Waals surface area (Å²) in [6, 6.07) is 14.9. The fourth-order valence-electron chi connectivity index (χ4n) is 4.14. The van der Waals surface area contributed by atoms with Gasteiger partial charge in [-0.3, -0.25) is 4.79 Å². The zero-order valence-electron chi connectivity index (χ0n) is 17.8. The third-order valence-corrected chi connectivity index (χ3v) is 6.77. The van der Waals surface area contributed by atoms with Crippen LogP contribution in [0.4, 0.5) is 23.2 Å². The van der Waals surface area contributed by atoms with Crippen LogP contribution in [0.2, 0.25) is 0 Å². The lowest BCUT2D eigenvalue weighted by Crippen LogP contribution is -2.48. The van der Waals surface area contributed by atoms with Gasteiger partial charge in [0.2, 0.25) is 0 Å². The first kappa shape index (κ1) is 22.3. The quantitative estimate of drug-likeness (QED) is 0.330. The fourth-order valence-corrected chi connectivity index (χ4v) is 4.83. The number of carbonyl (C=O) groups is 1. The molecule has 3 heterocycles. The minimum absolute atomic E-state index is 0.250. The molecule has 0 unspecified atom stereocenters. The van der Waals surface area contributed by atoms with Gasteiger partial charge in [0.05, 0.1) is 27.2 Å². The van der Waals surface area contributed by atoms with E-state index in [1.165, 1.54) is 29.5 Å². The Morgan fingerprint density at radius 1 is 0.941 bits per heavy atom. The van der Waals surface area contributed by atoms with E-state index < -0.39 is 17.6 Å². The summed E-state index contributed by atoms with van der Waals surface area (Å²) in [6.45, 7) is 1.45. The standard InChI is InChI=1S/C25H19F4N3OS/c26-17-6-7-21-19(14-17)20(15-22(30-21)23-5-2-12-34-23)24(33)32-10-8-31(9-11-32)18-4-1-3-16(13-18)25(27,28)29/h1-7,12-15H,8-11H2. The molecule has 5 rings (SSSR count). The van der Waals surface area contributed by atoms with Crippen molar-refractivity contribution >= 4 is 33.8 Å². The first-order valence-corrected chi connectivity index (χ1v) is 11.5. The monoisotopic (exact) mass is 485 g/mol. The average molecular weight is 486 g/mol. The van der Waals surface area contributed by atoms with Gasteiger partial charge in [-0.1, -0.05) is 12.1 Å². The molecule has 1 amide bonds. The molecule has 1 aliphatic rings. The Labute approximate surface area is 197 Å². The van der Waals surface area contributed by atoms with Crippen molar-refractivity contribution in [1.29, 1.82) is 0 Å². The smallest absolute Gasteiger partial charge is 0.368 e. The van der Waals surface area contributed by atoms with Crippen LogP contribution in [0.1, 0.15) is 15.9 Å². The number of rotatable bonds is 3. The molecule has 1 fully saturated rings. The minimum Gasteiger partial charge on any atom is -0.368 e. The molecule has 0 radical (unpaired) electrons. The van der Waals surface area contributed by atoms with E-state index in [0.717, 1.165) is 17.0 Å². The van der Waals surface area contributed by atoms with Crippen LogP contribution in [0.3, 0.4) is 0 Å². The lowest BCUT2D eigenvalue weighted by atomic mass is 10.0. The normalized spacial score (nSPS) is 14.6. The van der Waals surface area contributed by atoms with Crippen molar-refractivity contribution in [3.05, 3.63) is 83.0 Å². The Hall–Kier alpha value is -3.46. The van der Waals surface area contributed by atoms with Crippen molar-refractivity contribution in [2.45, 2.75) is 6.18 Å². The first-order chi connectivity index (χ1) is 16.3. The number of amides is 1. The molecule has 0 spiro atoms. The van der Waals surface area contributed by atoms with Crippen LogP contribution >= 0.6 is 11.3 Å². The third kappa shape index (κ3) is 4.35. The van der Waals surface area contributed by atoms with Crippen LogP contribution in [0.15, 0.2) is 66.0 Å². The van der Waals surface area contributed by atoms with E-state index in [9.17, 15) is 22.4 Å². The Bertz CT molecular complexity index is 1350. The van der Waals surface area contributed by atoms with E-state index in [0.29, 0.717) is 54.0 Å². The summed E-state index contributed by atoms with van der Waals surface area (Å²) in [5.74, 6) is -0.707. The maximum Gasteiger partial charge on any atom is 0.416 e. The number of fused-ring (bicyclic) bond motifs is 1. The maximum atomic E-state index is 14.0. The van der Waals surface area contributed by atoms with Crippen molar-refractivity contribution in [3.8, 4) is 10.6 Å². The molecular weight excluding hydrogens is 466 g/mol. The number of thiophene rings is 1. The summed E-state index contributed by atoms with van der Waals surface area (Å²) in [4.78, 5) is 22.5. The summed E-state index contributed by atoms with van der Waals surface area (Å²) in [5, 5.41) is 2.35. The molecule has 174 valence electrons. The Morgan fingerprint density at radius 2 is 1.74 bits per heavy atom.